The second kappa shape index (κ2) is 3.63. The molecule has 0 saturated heterocycles. The van der Waals surface area contributed by atoms with E-state index < -0.39 is 10.1 Å². The van der Waals surface area contributed by atoms with Gasteiger partial charge in [0.1, 0.15) is 0 Å². The SMILES string of the molecule is COC(=O)C1CC1COS(C)(=O)=O. The van der Waals surface area contributed by atoms with Crippen LogP contribution >= 0.6 is 0 Å². The highest BCUT2D eigenvalue weighted by molar-refractivity contribution is 7.85. The maximum Gasteiger partial charge on any atom is 0.309 e. The van der Waals surface area contributed by atoms with E-state index in [0.29, 0.717) is 6.42 Å². The summed E-state index contributed by atoms with van der Waals surface area (Å²) in [6.07, 6.45) is 1.64. The van der Waals surface area contributed by atoms with Gasteiger partial charge in [0.2, 0.25) is 0 Å². The summed E-state index contributed by atoms with van der Waals surface area (Å²) in [4.78, 5) is 10.9. The van der Waals surface area contributed by atoms with Gasteiger partial charge in [-0.1, -0.05) is 0 Å². The van der Waals surface area contributed by atoms with Crippen LogP contribution in [0, 0.1) is 11.8 Å². The maximum atomic E-state index is 10.9. The zero-order valence-electron chi connectivity index (χ0n) is 7.52. The Hall–Kier alpha value is -0.620. The zero-order valence-corrected chi connectivity index (χ0v) is 8.33. The molecule has 1 rings (SSSR count). The molecule has 6 heteroatoms. The molecular weight excluding hydrogens is 196 g/mol. The van der Waals surface area contributed by atoms with Gasteiger partial charge >= 0.3 is 5.97 Å². The van der Waals surface area contributed by atoms with Gasteiger partial charge in [-0.2, -0.15) is 8.42 Å². The van der Waals surface area contributed by atoms with E-state index in [9.17, 15) is 13.2 Å². The number of methoxy groups -OCH3 is 1. The summed E-state index contributed by atoms with van der Waals surface area (Å²) in [6, 6.07) is 0. The molecule has 13 heavy (non-hydrogen) atoms. The molecule has 0 heterocycles. The molecule has 0 N–H and O–H groups in total. The van der Waals surface area contributed by atoms with Crippen molar-refractivity contribution in [1.82, 2.24) is 0 Å². The third-order valence-electron chi connectivity index (χ3n) is 1.92. The van der Waals surface area contributed by atoms with E-state index in [4.69, 9.17) is 0 Å². The fourth-order valence-corrected chi connectivity index (χ4v) is 1.50. The molecule has 1 aliphatic rings. The summed E-state index contributed by atoms with van der Waals surface area (Å²) in [5.41, 5.74) is 0. The number of rotatable bonds is 4. The van der Waals surface area contributed by atoms with Crippen molar-refractivity contribution in [2.45, 2.75) is 6.42 Å². The van der Waals surface area contributed by atoms with Crippen molar-refractivity contribution in [3.8, 4) is 0 Å². The summed E-state index contributed by atoms with van der Waals surface area (Å²) in [6.45, 7) is 0.0819. The minimum absolute atomic E-state index is 0.00201. The van der Waals surface area contributed by atoms with Crippen LogP contribution < -0.4 is 0 Å². The fraction of sp³-hybridized carbons (Fsp3) is 0.857. The van der Waals surface area contributed by atoms with E-state index in [1.54, 1.807) is 0 Å². The Labute approximate surface area is 77.1 Å². The van der Waals surface area contributed by atoms with Crippen molar-refractivity contribution in [1.29, 1.82) is 0 Å². The predicted octanol–water partition coefficient (Wildman–Crippen LogP) is -0.228. The van der Waals surface area contributed by atoms with Crippen LogP contribution in [0.3, 0.4) is 0 Å². The molecule has 0 aromatic carbocycles. The van der Waals surface area contributed by atoms with Crippen molar-refractivity contribution in [2.75, 3.05) is 20.0 Å². The average Bonchev–Trinajstić information content (AvgIpc) is 2.77. The van der Waals surface area contributed by atoms with Gasteiger partial charge in [-0.05, 0) is 12.3 Å². The molecule has 0 aromatic heterocycles. The highest BCUT2D eigenvalue weighted by Crippen LogP contribution is 2.39. The Kier molecular flexibility index (Phi) is 2.92. The molecule has 1 saturated carbocycles. The monoisotopic (exact) mass is 208 g/mol. The minimum atomic E-state index is -3.39. The zero-order chi connectivity index (χ0) is 10.1. The summed E-state index contributed by atoms with van der Waals surface area (Å²) >= 11 is 0. The van der Waals surface area contributed by atoms with Gasteiger partial charge in [0.05, 0.1) is 25.9 Å². The summed E-state index contributed by atoms with van der Waals surface area (Å²) in [7, 11) is -2.07. The molecule has 5 nitrogen and oxygen atoms in total. The molecule has 76 valence electrons. The van der Waals surface area contributed by atoms with Crippen LogP contribution in [0.5, 0.6) is 0 Å². The van der Waals surface area contributed by atoms with Gasteiger partial charge in [0, 0.05) is 0 Å². The Morgan fingerprint density at radius 1 is 1.54 bits per heavy atom. The van der Waals surface area contributed by atoms with E-state index >= 15 is 0 Å². The molecular formula is C7H12O5S. The number of carbonyl (C=O) groups is 1. The molecule has 0 aliphatic heterocycles. The van der Waals surface area contributed by atoms with Gasteiger partial charge in [-0.25, -0.2) is 0 Å². The van der Waals surface area contributed by atoms with Gasteiger partial charge in [0.15, 0.2) is 0 Å². The number of hydrogen-bond acceptors (Lipinski definition) is 5. The Bertz CT molecular complexity index is 294. The first-order valence-electron chi connectivity index (χ1n) is 3.86. The van der Waals surface area contributed by atoms with Gasteiger partial charge in [-0.3, -0.25) is 8.98 Å². The highest BCUT2D eigenvalue weighted by atomic mass is 32.2. The third-order valence-corrected chi connectivity index (χ3v) is 2.49. The highest BCUT2D eigenvalue weighted by Gasteiger charge is 2.44. The quantitative estimate of drug-likeness (QED) is 0.471. The van der Waals surface area contributed by atoms with Crippen molar-refractivity contribution in [3.63, 3.8) is 0 Å². The molecule has 0 aromatic rings. The lowest BCUT2D eigenvalue weighted by atomic mass is 10.3. The predicted molar refractivity (Wildman–Crippen MR) is 44.4 cm³/mol. The number of ether oxygens (including phenoxy) is 1. The summed E-state index contributed by atoms with van der Waals surface area (Å²) in [5.74, 6) is -0.462. The van der Waals surface area contributed by atoms with Crippen LogP contribution in [0.2, 0.25) is 0 Å². The van der Waals surface area contributed by atoms with Crippen molar-refractivity contribution < 1.29 is 22.1 Å². The molecule has 2 atom stereocenters. The molecule has 0 spiro atoms. The molecule has 1 aliphatic carbocycles. The molecule has 0 bridgehead atoms. The Morgan fingerprint density at radius 3 is 2.62 bits per heavy atom. The van der Waals surface area contributed by atoms with Crippen LogP contribution in [0.15, 0.2) is 0 Å². The smallest absolute Gasteiger partial charge is 0.309 e. The van der Waals surface area contributed by atoms with E-state index in [1.165, 1.54) is 7.11 Å². The van der Waals surface area contributed by atoms with E-state index in [1.807, 2.05) is 0 Å². The molecule has 0 amide bonds. The first-order chi connectivity index (χ1) is 5.94. The largest absolute Gasteiger partial charge is 0.469 e. The van der Waals surface area contributed by atoms with Gasteiger partial charge < -0.3 is 4.74 Å². The third kappa shape index (κ3) is 3.31. The lowest BCUT2D eigenvalue weighted by Crippen LogP contribution is -2.10. The Morgan fingerprint density at radius 2 is 2.15 bits per heavy atom. The molecule has 2 unspecified atom stereocenters. The standard InChI is InChI=1S/C7H12O5S/c1-11-7(8)6-3-5(6)4-12-13(2,9)10/h5-6H,3-4H2,1-2H3. The van der Waals surface area contributed by atoms with Crippen LogP contribution in [0.1, 0.15) is 6.42 Å². The van der Waals surface area contributed by atoms with Gasteiger partial charge in [-0.15, -0.1) is 0 Å². The average molecular weight is 208 g/mol. The van der Waals surface area contributed by atoms with Crippen LogP contribution in [-0.2, 0) is 23.8 Å². The van der Waals surface area contributed by atoms with E-state index in [2.05, 4.69) is 8.92 Å². The summed E-state index contributed by atoms with van der Waals surface area (Å²) in [5, 5.41) is 0. The number of hydrogen-bond donors (Lipinski definition) is 0. The van der Waals surface area contributed by atoms with Crippen LogP contribution in [0.25, 0.3) is 0 Å². The fourth-order valence-electron chi connectivity index (χ4n) is 1.08. The van der Waals surface area contributed by atoms with Gasteiger partial charge in [0.25, 0.3) is 10.1 Å². The summed E-state index contributed by atoms with van der Waals surface area (Å²) < 4.78 is 30.2. The molecule has 0 radical (unpaired) electrons. The number of esters is 1. The van der Waals surface area contributed by atoms with Crippen molar-refractivity contribution in [3.05, 3.63) is 0 Å². The molecule has 1 fully saturated rings. The second-order valence-corrected chi connectivity index (χ2v) is 4.76. The minimum Gasteiger partial charge on any atom is -0.469 e. The van der Waals surface area contributed by atoms with Crippen LogP contribution in [0.4, 0.5) is 0 Å². The topological polar surface area (TPSA) is 69.7 Å². The second-order valence-electron chi connectivity index (χ2n) is 3.11. The van der Waals surface area contributed by atoms with E-state index in [-0.39, 0.29) is 24.4 Å². The Balaban J connectivity index is 2.26. The lowest BCUT2D eigenvalue weighted by Gasteiger charge is -1.99. The van der Waals surface area contributed by atoms with E-state index in [0.717, 1.165) is 6.26 Å². The number of carbonyl (C=O) groups excluding carboxylic acids is 1. The van der Waals surface area contributed by atoms with Crippen LogP contribution in [-0.4, -0.2) is 34.4 Å². The first-order valence-corrected chi connectivity index (χ1v) is 5.68. The lowest BCUT2D eigenvalue weighted by molar-refractivity contribution is -0.142. The van der Waals surface area contributed by atoms with Crippen molar-refractivity contribution >= 4 is 16.1 Å². The normalized spacial score (nSPS) is 26.9. The first kappa shape index (κ1) is 10.5. The maximum absolute atomic E-state index is 10.9. The van der Waals surface area contributed by atoms with Crippen molar-refractivity contribution in [2.24, 2.45) is 11.8 Å².